The summed E-state index contributed by atoms with van der Waals surface area (Å²) in [6, 6.07) is 0. The van der Waals surface area contributed by atoms with Gasteiger partial charge in [-0.1, -0.05) is 0 Å². The summed E-state index contributed by atoms with van der Waals surface area (Å²) in [6.07, 6.45) is -30.4. The summed E-state index contributed by atoms with van der Waals surface area (Å²) in [5.41, 5.74) is 0. The number of aliphatic hydroxyl groups is 2. The maximum Gasteiger partial charge on any atom is 0.462 e. The third-order valence-corrected chi connectivity index (χ3v) is 2.58. The van der Waals surface area contributed by atoms with E-state index in [-0.39, 0.29) is 0 Å². The van der Waals surface area contributed by atoms with E-state index < -0.39 is 48.1 Å². The van der Waals surface area contributed by atoms with Crippen molar-refractivity contribution in [2.45, 2.75) is 48.1 Å². The predicted molar refractivity (Wildman–Crippen MR) is 45.1 cm³/mol. The van der Waals surface area contributed by atoms with Crippen LogP contribution in [0.3, 0.4) is 0 Å². The van der Waals surface area contributed by atoms with E-state index in [1.807, 2.05) is 0 Å². The van der Waals surface area contributed by atoms with Crippen LogP contribution in [0.15, 0.2) is 0 Å². The first kappa shape index (κ1) is 25.8. The molecule has 164 valence electrons. The molecule has 0 amide bonds. The highest BCUT2D eigenvalue weighted by Gasteiger charge is 2.89. The van der Waals surface area contributed by atoms with Crippen molar-refractivity contribution in [1.82, 2.24) is 0 Å². The summed E-state index contributed by atoms with van der Waals surface area (Å²) in [5, 5.41) is 16.2. The molecular formula is C8H2F16O3. The fraction of sp³-hybridized carbons (Fsp3) is 1.00. The number of hydrogen-bond acceptors (Lipinski definition) is 3. The highest BCUT2D eigenvalue weighted by molar-refractivity contribution is 5.05. The molecule has 1 atom stereocenters. The van der Waals surface area contributed by atoms with Crippen LogP contribution in [-0.2, 0) is 4.74 Å². The minimum absolute atomic E-state index is 1.35. The van der Waals surface area contributed by atoms with Crippen LogP contribution in [0.1, 0.15) is 0 Å². The largest absolute Gasteiger partial charge is 0.462 e. The molecule has 0 bridgehead atoms. The Morgan fingerprint density at radius 3 is 0.963 bits per heavy atom. The monoisotopic (exact) mass is 450 g/mol. The highest BCUT2D eigenvalue weighted by Crippen LogP contribution is 2.58. The van der Waals surface area contributed by atoms with Crippen LogP contribution >= 0.6 is 0 Å². The molecule has 0 fully saturated rings. The third-order valence-electron chi connectivity index (χ3n) is 2.58. The Morgan fingerprint density at radius 1 is 0.444 bits per heavy atom. The molecule has 27 heavy (non-hydrogen) atoms. The first-order valence-electron chi connectivity index (χ1n) is 5.38. The molecule has 0 spiro atoms. The number of hydrogen-bond donors (Lipinski definition) is 2. The van der Waals surface area contributed by atoms with Gasteiger partial charge < -0.3 is 10.2 Å². The maximum absolute atomic E-state index is 13.1. The lowest BCUT2D eigenvalue weighted by Crippen LogP contribution is -2.74. The quantitative estimate of drug-likeness (QED) is 0.477. The molecule has 0 aliphatic rings. The third kappa shape index (κ3) is 3.71. The van der Waals surface area contributed by atoms with Gasteiger partial charge in [-0.25, -0.2) is 0 Å². The van der Waals surface area contributed by atoms with Gasteiger partial charge in [-0.2, -0.15) is 70.2 Å². The van der Waals surface area contributed by atoms with Gasteiger partial charge in [0.15, 0.2) is 0 Å². The second kappa shape index (κ2) is 6.13. The van der Waals surface area contributed by atoms with E-state index in [1.54, 1.807) is 0 Å². The average molecular weight is 450 g/mol. The van der Waals surface area contributed by atoms with Crippen LogP contribution in [0.4, 0.5) is 70.2 Å². The number of ether oxygens (including phenoxy) is 1. The summed E-state index contributed by atoms with van der Waals surface area (Å²) < 4.78 is 199. The fourth-order valence-corrected chi connectivity index (χ4v) is 1.12. The molecule has 2 N–H and O–H groups in total. The van der Waals surface area contributed by atoms with Crippen LogP contribution in [0.2, 0.25) is 0 Å². The van der Waals surface area contributed by atoms with Crippen molar-refractivity contribution in [2.24, 2.45) is 0 Å². The van der Waals surface area contributed by atoms with Gasteiger partial charge in [0.25, 0.3) is 0 Å². The van der Waals surface area contributed by atoms with Crippen LogP contribution < -0.4 is 0 Å². The first-order chi connectivity index (χ1) is 11.2. The Kier molecular flexibility index (Phi) is 5.85. The summed E-state index contributed by atoms with van der Waals surface area (Å²) in [4.78, 5) is 0. The van der Waals surface area contributed by atoms with Gasteiger partial charge in [0.1, 0.15) is 0 Å². The molecule has 1 unspecified atom stereocenters. The van der Waals surface area contributed by atoms with E-state index in [4.69, 9.17) is 10.2 Å². The minimum Gasteiger partial charge on any atom is -0.354 e. The van der Waals surface area contributed by atoms with Crippen LogP contribution in [0, 0.1) is 0 Å². The zero-order valence-corrected chi connectivity index (χ0v) is 11.4. The summed E-state index contributed by atoms with van der Waals surface area (Å²) in [7, 11) is 0. The van der Waals surface area contributed by atoms with Crippen molar-refractivity contribution in [1.29, 1.82) is 0 Å². The van der Waals surface area contributed by atoms with Crippen molar-refractivity contribution in [2.75, 3.05) is 0 Å². The predicted octanol–water partition coefficient (Wildman–Crippen LogP) is 3.90. The molecule has 19 heteroatoms. The molecule has 0 saturated carbocycles. The molecule has 0 aliphatic carbocycles. The van der Waals surface area contributed by atoms with Crippen LogP contribution in [-0.4, -0.2) is 58.3 Å². The van der Waals surface area contributed by atoms with Crippen molar-refractivity contribution in [3.8, 4) is 0 Å². The second-order valence-electron chi connectivity index (χ2n) is 4.52. The van der Waals surface area contributed by atoms with E-state index in [9.17, 15) is 70.2 Å². The zero-order valence-electron chi connectivity index (χ0n) is 11.4. The molecule has 0 aliphatic heterocycles. The van der Waals surface area contributed by atoms with E-state index in [2.05, 4.69) is 0 Å². The van der Waals surface area contributed by atoms with Crippen molar-refractivity contribution in [3.05, 3.63) is 0 Å². The zero-order chi connectivity index (χ0) is 22.7. The number of rotatable bonds is 6. The molecule has 0 aromatic heterocycles. The second-order valence-corrected chi connectivity index (χ2v) is 4.52. The maximum atomic E-state index is 13.1. The number of halogens is 16. The Morgan fingerprint density at radius 2 is 0.741 bits per heavy atom. The van der Waals surface area contributed by atoms with Crippen LogP contribution in [0.5, 0.6) is 0 Å². The molecule has 0 heterocycles. The summed E-state index contributed by atoms with van der Waals surface area (Å²) in [6.45, 7) is 0. The topological polar surface area (TPSA) is 49.7 Å². The number of alkyl halides is 16. The standard InChI is InChI=1S/C8H2F16O3/c9-1(10,2(11,12)5(15,16)17)4(25,7(21,22)26)27-8(23,24)3(13,14)6(18,19)20/h25-26H. The van der Waals surface area contributed by atoms with Crippen LogP contribution in [0.25, 0.3) is 0 Å². The Hall–Kier alpha value is -1.24. The van der Waals surface area contributed by atoms with E-state index >= 15 is 0 Å². The lowest BCUT2D eigenvalue weighted by atomic mass is 9.99. The minimum atomic E-state index is -8.14. The van der Waals surface area contributed by atoms with Gasteiger partial charge in [-0.3, -0.25) is 4.74 Å². The fourth-order valence-electron chi connectivity index (χ4n) is 1.12. The van der Waals surface area contributed by atoms with E-state index in [0.29, 0.717) is 0 Å². The SMILES string of the molecule is OC(F)(F)C(O)(OC(F)(F)C(F)(F)C(F)(F)F)C(F)(F)C(F)(F)C(F)(F)F. The van der Waals surface area contributed by atoms with Gasteiger partial charge in [0.2, 0.25) is 0 Å². The van der Waals surface area contributed by atoms with Gasteiger partial charge >= 0.3 is 48.1 Å². The summed E-state index contributed by atoms with van der Waals surface area (Å²) in [5.74, 6) is -31.6. The molecule has 0 aromatic rings. The van der Waals surface area contributed by atoms with Crippen molar-refractivity contribution < 1.29 is 85.2 Å². The lowest BCUT2D eigenvalue weighted by Gasteiger charge is -2.43. The van der Waals surface area contributed by atoms with Gasteiger partial charge in [0.05, 0.1) is 0 Å². The summed E-state index contributed by atoms with van der Waals surface area (Å²) >= 11 is 0. The smallest absolute Gasteiger partial charge is 0.354 e. The molecule has 0 aromatic carbocycles. The molecule has 0 saturated heterocycles. The van der Waals surface area contributed by atoms with Gasteiger partial charge in [-0.15, -0.1) is 0 Å². The average Bonchev–Trinajstić information content (AvgIpc) is 2.33. The lowest BCUT2D eigenvalue weighted by molar-refractivity contribution is -0.554. The Bertz CT molecular complexity index is 541. The van der Waals surface area contributed by atoms with E-state index in [1.165, 1.54) is 4.74 Å². The van der Waals surface area contributed by atoms with Crippen molar-refractivity contribution >= 4 is 0 Å². The normalized spacial score (nSPS) is 18.4. The first-order valence-corrected chi connectivity index (χ1v) is 5.38. The van der Waals surface area contributed by atoms with E-state index in [0.717, 1.165) is 0 Å². The molecule has 0 radical (unpaired) electrons. The highest BCUT2D eigenvalue weighted by atomic mass is 19.4. The molecule has 3 nitrogen and oxygen atoms in total. The molecule has 0 rings (SSSR count). The van der Waals surface area contributed by atoms with Gasteiger partial charge in [-0.05, 0) is 0 Å². The Balaban J connectivity index is 6.64. The molecular weight excluding hydrogens is 448 g/mol. The van der Waals surface area contributed by atoms with Gasteiger partial charge in [0, 0.05) is 0 Å². The Labute approximate surface area is 135 Å². The van der Waals surface area contributed by atoms with Crippen molar-refractivity contribution in [3.63, 3.8) is 0 Å².